The summed E-state index contributed by atoms with van der Waals surface area (Å²) in [6.07, 6.45) is 0. The smallest absolute Gasteiger partial charge is 0.206 e. The summed E-state index contributed by atoms with van der Waals surface area (Å²) in [5.41, 5.74) is 0. The fourth-order valence-electron chi connectivity index (χ4n) is 3.01. The van der Waals surface area contributed by atoms with Crippen LogP contribution in [0.25, 0.3) is 0 Å². The number of sulfone groups is 2. The minimum absolute atomic E-state index is 0.0159. The van der Waals surface area contributed by atoms with Gasteiger partial charge in [0.15, 0.2) is 0 Å². The molecule has 0 aliphatic heterocycles. The van der Waals surface area contributed by atoms with Crippen LogP contribution in [0.1, 0.15) is 0 Å². The first-order valence-electron chi connectivity index (χ1n) is 9.55. The molecule has 0 aromatic heterocycles. The quantitative estimate of drug-likeness (QED) is 0.340. The molecule has 0 saturated carbocycles. The van der Waals surface area contributed by atoms with Crippen molar-refractivity contribution in [2.75, 3.05) is 0 Å². The summed E-state index contributed by atoms with van der Waals surface area (Å²) in [4.78, 5) is -0.0320. The first kappa shape index (κ1) is 22.6. The van der Waals surface area contributed by atoms with Gasteiger partial charge in [0.05, 0.1) is 19.6 Å². The van der Waals surface area contributed by atoms with Gasteiger partial charge in [0.2, 0.25) is 19.7 Å². The molecule has 0 aliphatic rings. The van der Waals surface area contributed by atoms with Crippen molar-refractivity contribution in [1.29, 1.82) is 0 Å². The Kier molecular flexibility index (Phi) is 6.01. The molecule has 0 atom stereocenters. The maximum absolute atomic E-state index is 13.1. The second kappa shape index (κ2) is 8.76. The van der Waals surface area contributed by atoms with Gasteiger partial charge in [0.1, 0.15) is 23.1 Å². The minimum atomic E-state index is -3.81. The zero-order chi connectivity index (χ0) is 23.6. The predicted molar refractivity (Wildman–Crippen MR) is 117 cm³/mol. The van der Waals surface area contributed by atoms with Crippen LogP contribution in [0, 0.1) is 11.6 Å². The number of hydrogen-bond acceptors (Lipinski definition) is 5. The van der Waals surface area contributed by atoms with Gasteiger partial charge in [-0.3, -0.25) is 0 Å². The third-order valence-corrected chi connectivity index (χ3v) is 8.32. The second-order valence-corrected chi connectivity index (χ2v) is 10.9. The molecule has 33 heavy (non-hydrogen) atoms. The van der Waals surface area contributed by atoms with Crippen molar-refractivity contribution in [3.05, 3.63) is 109 Å². The Hall–Kier alpha value is -3.56. The lowest BCUT2D eigenvalue weighted by Gasteiger charge is -2.09. The van der Waals surface area contributed by atoms with Gasteiger partial charge in [-0.25, -0.2) is 25.6 Å². The van der Waals surface area contributed by atoms with Gasteiger partial charge in [0, 0.05) is 0 Å². The molecule has 4 aromatic carbocycles. The number of hydrogen-bond donors (Lipinski definition) is 0. The van der Waals surface area contributed by atoms with E-state index in [1.807, 2.05) is 0 Å². The van der Waals surface area contributed by atoms with Gasteiger partial charge in [-0.1, -0.05) is 0 Å². The van der Waals surface area contributed by atoms with Crippen molar-refractivity contribution in [1.82, 2.24) is 0 Å². The average molecular weight is 487 g/mol. The fraction of sp³-hybridized carbons (Fsp3) is 0. The summed E-state index contributed by atoms with van der Waals surface area (Å²) in [7, 11) is -7.62. The maximum Gasteiger partial charge on any atom is 0.206 e. The van der Waals surface area contributed by atoms with Crippen LogP contribution in [0.15, 0.2) is 117 Å². The Bertz CT molecular complexity index is 1360. The SMILES string of the molecule is O=S(=O)(c1ccc(F)cc1)c1ccc(Oc2ccc(S(=O)(=O)c3ccc(F)cc3)cc2)cc1. The zero-order valence-corrected chi connectivity index (χ0v) is 18.5. The Balaban J connectivity index is 1.51. The van der Waals surface area contributed by atoms with Crippen molar-refractivity contribution in [2.24, 2.45) is 0 Å². The molecule has 0 fully saturated rings. The molecule has 4 aromatic rings. The molecule has 4 rings (SSSR count). The van der Waals surface area contributed by atoms with Gasteiger partial charge in [-0.15, -0.1) is 0 Å². The van der Waals surface area contributed by atoms with Gasteiger partial charge < -0.3 is 4.74 Å². The van der Waals surface area contributed by atoms with Gasteiger partial charge in [0.25, 0.3) is 0 Å². The van der Waals surface area contributed by atoms with E-state index in [0.29, 0.717) is 11.5 Å². The topological polar surface area (TPSA) is 77.5 Å². The highest BCUT2D eigenvalue weighted by molar-refractivity contribution is 7.91. The van der Waals surface area contributed by atoms with E-state index in [2.05, 4.69) is 0 Å². The lowest BCUT2D eigenvalue weighted by Crippen LogP contribution is -2.02. The number of halogens is 2. The Morgan fingerprint density at radius 2 is 0.667 bits per heavy atom. The highest BCUT2D eigenvalue weighted by Gasteiger charge is 2.19. The molecule has 0 amide bonds. The third kappa shape index (κ3) is 4.79. The molecule has 0 bridgehead atoms. The van der Waals surface area contributed by atoms with Crippen LogP contribution in [0.5, 0.6) is 11.5 Å². The van der Waals surface area contributed by atoms with Gasteiger partial charge in [-0.05, 0) is 97.1 Å². The number of rotatable bonds is 6. The van der Waals surface area contributed by atoms with Gasteiger partial charge >= 0.3 is 0 Å². The molecule has 0 N–H and O–H groups in total. The molecule has 0 unspecified atom stereocenters. The van der Waals surface area contributed by atoms with Crippen molar-refractivity contribution < 1.29 is 30.4 Å². The summed E-state index contributed by atoms with van der Waals surface area (Å²) in [6.45, 7) is 0. The Morgan fingerprint density at radius 3 is 0.939 bits per heavy atom. The largest absolute Gasteiger partial charge is 0.457 e. The van der Waals surface area contributed by atoms with Crippen LogP contribution in [-0.2, 0) is 19.7 Å². The Morgan fingerprint density at radius 1 is 0.424 bits per heavy atom. The van der Waals surface area contributed by atoms with Crippen molar-refractivity contribution in [3.8, 4) is 11.5 Å². The lowest BCUT2D eigenvalue weighted by molar-refractivity contribution is 0.481. The summed E-state index contributed by atoms with van der Waals surface area (Å²) < 4.78 is 82.4. The van der Waals surface area contributed by atoms with Gasteiger partial charge in [-0.2, -0.15) is 0 Å². The normalized spacial score (nSPS) is 11.8. The van der Waals surface area contributed by atoms with E-state index in [9.17, 15) is 25.6 Å². The molecule has 168 valence electrons. The number of ether oxygens (including phenoxy) is 1. The van der Waals surface area contributed by atoms with Crippen LogP contribution in [0.2, 0.25) is 0 Å². The monoisotopic (exact) mass is 486 g/mol. The average Bonchev–Trinajstić information content (AvgIpc) is 2.80. The van der Waals surface area contributed by atoms with Crippen molar-refractivity contribution in [2.45, 2.75) is 19.6 Å². The summed E-state index contributed by atoms with van der Waals surface area (Å²) >= 11 is 0. The second-order valence-electron chi connectivity index (χ2n) is 6.96. The predicted octanol–water partition coefficient (Wildman–Crippen LogP) is 5.42. The standard InChI is InChI=1S/C24H16F2O5S2/c25-17-1-9-21(10-2-17)32(27,28)23-13-5-19(6-14-23)31-20-7-15-24(16-8-20)33(29,30)22-11-3-18(26)4-12-22/h1-16H. The summed E-state index contributed by atoms with van der Waals surface area (Å²) in [5.74, 6) is -0.396. The molecule has 0 aliphatic carbocycles. The van der Waals surface area contributed by atoms with Crippen LogP contribution in [-0.4, -0.2) is 16.8 Å². The van der Waals surface area contributed by atoms with E-state index in [1.165, 1.54) is 72.8 Å². The van der Waals surface area contributed by atoms with E-state index >= 15 is 0 Å². The lowest BCUT2D eigenvalue weighted by atomic mass is 10.3. The number of benzene rings is 4. The van der Waals surface area contributed by atoms with Crippen LogP contribution >= 0.6 is 0 Å². The minimum Gasteiger partial charge on any atom is -0.457 e. The maximum atomic E-state index is 13.1. The van der Waals surface area contributed by atoms with Crippen LogP contribution in [0.4, 0.5) is 8.78 Å². The first-order valence-corrected chi connectivity index (χ1v) is 12.5. The van der Waals surface area contributed by atoms with Crippen LogP contribution < -0.4 is 4.74 Å². The molecular weight excluding hydrogens is 470 g/mol. The van der Waals surface area contributed by atoms with E-state index in [-0.39, 0.29) is 19.6 Å². The molecule has 0 heterocycles. The highest BCUT2D eigenvalue weighted by atomic mass is 32.2. The van der Waals surface area contributed by atoms with E-state index in [4.69, 9.17) is 4.74 Å². The first-order chi connectivity index (χ1) is 15.7. The molecule has 0 radical (unpaired) electrons. The zero-order valence-electron chi connectivity index (χ0n) is 16.9. The van der Waals surface area contributed by atoms with Crippen molar-refractivity contribution in [3.63, 3.8) is 0 Å². The molecule has 0 saturated heterocycles. The van der Waals surface area contributed by atoms with E-state index < -0.39 is 31.3 Å². The molecule has 5 nitrogen and oxygen atoms in total. The highest BCUT2D eigenvalue weighted by Crippen LogP contribution is 2.28. The van der Waals surface area contributed by atoms with E-state index in [1.54, 1.807) is 0 Å². The molecule has 9 heteroatoms. The Labute approximate surface area is 189 Å². The van der Waals surface area contributed by atoms with E-state index in [0.717, 1.165) is 24.3 Å². The summed E-state index contributed by atoms with van der Waals surface area (Å²) in [6, 6.07) is 20.3. The third-order valence-electron chi connectivity index (χ3n) is 4.75. The van der Waals surface area contributed by atoms with Crippen molar-refractivity contribution >= 4 is 19.7 Å². The molecular formula is C24H16F2O5S2. The summed E-state index contributed by atoms with van der Waals surface area (Å²) in [5, 5.41) is 0. The van der Waals surface area contributed by atoms with Crippen LogP contribution in [0.3, 0.4) is 0 Å². The fourth-order valence-corrected chi connectivity index (χ4v) is 5.53. The molecule has 0 spiro atoms.